The van der Waals surface area contributed by atoms with Gasteiger partial charge in [-0.3, -0.25) is 0 Å². The van der Waals surface area contributed by atoms with Gasteiger partial charge in [-0.15, -0.1) is 11.3 Å². The minimum absolute atomic E-state index is 0.0643. The number of thiazole rings is 1. The van der Waals surface area contributed by atoms with Crippen molar-refractivity contribution < 1.29 is 4.52 Å². The second-order valence-corrected chi connectivity index (χ2v) is 4.89. The van der Waals surface area contributed by atoms with Crippen molar-refractivity contribution in [2.24, 2.45) is 0 Å². The number of hydrogen-bond donors (Lipinski definition) is 0. The first-order valence-corrected chi connectivity index (χ1v) is 5.18. The molecule has 0 saturated carbocycles. The summed E-state index contributed by atoms with van der Waals surface area (Å²) in [5.74, 6) is 0.491. The van der Waals surface area contributed by atoms with Crippen LogP contribution in [0.2, 0.25) is 0 Å². The van der Waals surface area contributed by atoms with Crippen LogP contribution in [0.15, 0.2) is 16.2 Å². The van der Waals surface area contributed by atoms with E-state index < -0.39 is 0 Å². The highest BCUT2D eigenvalue weighted by Crippen LogP contribution is 2.28. The number of aromatic nitrogens is 3. The molecule has 2 aromatic heterocycles. The predicted molar refractivity (Wildman–Crippen MR) is 54.1 cm³/mol. The molecule has 2 aromatic rings. The fourth-order valence-corrected chi connectivity index (χ4v) is 1.96. The van der Waals surface area contributed by atoms with Crippen LogP contribution in [-0.4, -0.2) is 15.1 Å². The van der Waals surface area contributed by atoms with Crippen LogP contribution in [0.5, 0.6) is 0 Å². The molecule has 0 radical (unpaired) electrons. The Labute approximate surface area is 86.0 Å². The Balaban J connectivity index is 2.36. The summed E-state index contributed by atoms with van der Waals surface area (Å²) < 4.78 is 4.93. The minimum atomic E-state index is 0.0643. The average molecular weight is 209 g/mol. The summed E-state index contributed by atoms with van der Waals surface area (Å²) in [4.78, 5) is 8.40. The van der Waals surface area contributed by atoms with E-state index in [9.17, 15) is 0 Å². The SMILES string of the molecule is CC(C)(C)c1csc(-c2ncno2)n1. The van der Waals surface area contributed by atoms with Gasteiger partial charge in [0.1, 0.15) is 0 Å². The van der Waals surface area contributed by atoms with Gasteiger partial charge in [-0.05, 0) is 0 Å². The van der Waals surface area contributed by atoms with Gasteiger partial charge in [0, 0.05) is 10.8 Å². The number of rotatable bonds is 1. The van der Waals surface area contributed by atoms with Crippen molar-refractivity contribution in [2.75, 3.05) is 0 Å². The summed E-state index contributed by atoms with van der Waals surface area (Å²) >= 11 is 1.53. The molecule has 5 heteroatoms. The highest BCUT2D eigenvalue weighted by Gasteiger charge is 2.19. The molecule has 2 heterocycles. The molecule has 0 N–H and O–H groups in total. The third-order valence-corrected chi connectivity index (χ3v) is 2.65. The summed E-state index contributed by atoms with van der Waals surface area (Å²) in [6.07, 6.45) is 1.38. The molecule has 0 aliphatic rings. The van der Waals surface area contributed by atoms with Crippen molar-refractivity contribution in [1.82, 2.24) is 15.1 Å². The van der Waals surface area contributed by atoms with Gasteiger partial charge in [-0.2, -0.15) is 4.98 Å². The molecule has 0 bridgehead atoms. The summed E-state index contributed by atoms with van der Waals surface area (Å²) in [5.41, 5.74) is 1.12. The lowest BCUT2D eigenvalue weighted by Gasteiger charge is -2.13. The lowest BCUT2D eigenvalue weighted by molar-refractivity contribution is 0.429. The van der Waals surface area contributed by atoms with Crippen LogP contribution in [0.3, 0.4) is 0 Å². The molecule has 0 amide bonds. The lowest BCUT2D eigenvalue weighted by Crippen LogP contribution is -2.11. The molecule has 0 aliphatic heterocycles. The van der Waals surface area contributed by atoms with E-state index in [0.29, 0.717) is 5.89 Å². The van der Waals surface area contributed by atoms with Gasteiger partial charge in [0.2, 0.25) is 0 Å². The van der Waals surface area contributed by atoms with Gasteiger partial charge in [0.25, 0.3) is 5.89 Å². The molecule has 4 nitrogen and oxygen atoms in total. The number of nitrogens with zero attached hydrogens (tertiary/aromatic N) is 3. The fraction of sp³-hybridized carbons (Fsp3) is 0.444. The Morgan fingerprint density at radius 1 is 1.36 bits per heavy atom. The first kappa shape index (κ1) is 9.33. The standard InChI is InChI=1S/C9H11N3OS/c1-9(2,3)6-4-14-8(12-6)7-10-5-11-13-7/h4-5H,1-3H3. The summed E-state index contributed by atoms with van der Waals surface area (Å²) in [7, 11) is 0. The van der Waals surface area contributed by atoms with Crippen LogP contribution >= 0.6 is 11.3 Å². The highest BCUT2D eigenvalue weighted by atomic mass is 32.1. The molecule has 0 unspecified atom stereocenters. The van der Waals surface area contributed by atoms with E-state index in [1.165, 1.54) is 17.7 Å². The van der Waals surface area contributed by atoms with Crippen LogP contribution in [0.4, 0.5) is 0 Å². The van der Waals surface area contributed by atoms with Gasteiger partial charge in [-0.1, -0.05) is 25.9 Å². The quantitative estimate of drug-likeness (QED) is 0.724. The second kappa shape index (κ2) is 3.16. The van der Waals surface area contributed by atoms with Gasteiger partial charge in [0.15, 0.2) is 11.3 Å². The monoisotopic (exact) mass is 209 g/mol. The molecular formula is C9H11N3OS. The Morgan fingerprint density at radius 3 is 2.64 bits per heavy atom. The predicted octanol–water partition coefficient (Wildman–Crippen LogP) is 2.49. The van der Waals surface area contributed by atoms with E-state index in [1.807, 2.05) is 5.38 Å². The second-order valence-electron chi connectivity index (χ2n) is 4.03. The molecule has 0 atom stereocenters. The van der Waals surface area contributed by atoms with Crippen LogP contribution in [0.25, 0.3) is 10.9 Å². The van der Waals surface area contributed by atoms with E-state index in [2.05, 4.69) is 35.9 Å². The van der Waals surface area contributed by atoms with Crippen molar-refractivity contribution in [3.63, 3.8) is 0 Å². The van der Waals surface area contributed by atoms with E-state index >= 15 is 0 Å². The maximum Gasteiger partial charge on any atom is 0.286 e. The lowest BCUT2D eigenvalue weighted by atomic mass is 9.93. The van der Waals surface area contributed by atoms with Crippen LogP contribution < -0.4 is 0 Å². The number of hydrogen-bond acceptors (Lipinski definition) is 5. The van der Waals surface area contributed by atoms with Crippen LogP contribution in [0.1, 0.15) is 26.5 Å². The Kier molecular flexibility index (Phi) is 2.11. The van der Waals surface area contributed by atoms with Gasteiger partial charge >= 0.3 is 0 Å². The van der Waals surface area contributed by atoms with Gasteiger partial charge in [0.05, 0.1) is 5.69 Å². The summed E-state index contributed by atoms with van der Waals surface area (Å²) in [6, 6.07) is 0. The first-order chi connectivity index (χ1) is 6.57. The largest absolute Gasteiger partial charge is 0.332 e. The summed E-state index contributed by atoms with van der Waals surface area (Å²) in [6.45, 7) is 6.37. The molecule has 2 rings (SSSR count). The maximum atomic E-state index is 4.93. The Morgan fingerprint density at radius 2 is 2.14 bits per heavy atom. The third-order valence-electron chi connectivity index (χ3n) is 1.82. The molecule has 0 aromatic carbocycles. The Hall–Kier alpha value is -1.23. The van der Waals surface area contributed by atoms with E-state index in [1.54, 1.807) is 0 Å². The van der Waals surface area contributed by atoms with Crippen molar-refractivity contribution >= 4 is 11.3 Å². The average Bonchev–Trinajstić information content (AvgIpc) is 2.73. The Bertz CT molecular complexity index is 413. The minimum Gasteiger partial charge on any atom is -0.332 e. The molecule has 14 heavy (non-hydrogen) atoms. The molecule has 0 aliphatic carbocycles. The van der Waals surface area contributed by atoms with Crippen LogP contribution in [0, 0.1) is 0 Å². The zero-order chi connectivity index (χ0) is 10.2. The molecule has 74 valence electrons. The van der Waals surface area contributed by atoms with E-state index in [4.69, 9.17) is 4.52 Å². The van der Waals surface area contributed by atoms with Crippen molar-refractivity contribution in [2.45, 2.75) is 26.2 Å². The van der Waals surface area contributed by atoms with Crippen molar-refractivity contribution in [1.29, 1.82) is 0 Å². The van der Waals surface area contributed by atoms with Gasteiger partial charge in [-0.25, -0.2) is 4.98 Å². The molecular weight excluding hydrogens is 198 g/mol. The molecule has 0 spiro atoms. The van der Waals surface area contributed by atoms with Crippen molar-refractivity contribution in [3.8, 4) is 10.9 Å². The first-order valence-electron chi connectivity index (χ1n) is 4.30. The van der Waals surface area contributed by atoms with Crippen LogP contribution in [-0.2, 0) is 5.41 Å². The van der Waals surface area contributed by atoms with Gasteiger partial charge < -0.3 is 4.52 Å². The maximum absolute atomic E-state index is 4.93. The molecule has 0 fully saturated rings. The van der Waals surface area contributed by atoms with Crippen molar-refractivity contribution in [3.05, 3.63) is 17.4 Å². The summed E-state index contributed by atoms with van der Waals surface area (Å²) in [5, 5.41) is 6.36. The zero-order valence-electron chi connectivity index (χ0n) is 8.31. The topological polar surface area (TPSA) is 51.8 Å². The zero-order valence-corrected chi connectivity index (χ0v) is 9.13. The van der Waals surface area contributed by atoms with E-state index in [-0.39, 0.29) is 5.41 Å². The third kappa shape index (κ3) is 1.68. The fourth-order valence-electron chi connectivity index (χ4n) is 0.984. The highest BCUT2D eigenvalue weighted by molar-refractivity contribution is 7.13. The normalized spacial score (nSPS) is 11.9. The molecule has 0 saturated heterocycles. The smallest absolute Gasteiger partial charge is 0.286 e. The van der Waals surface area contributed by atoms with E-state index in [0.717, 1.165) is 10.7 Å².